The number of hydrogen-bond acceptors (Lipinski definition) is 2. The first-order valence-electron chi connectivity index (χ1n) is 4.44. The van der Waals surface area contributed by atoms with E-state index in [2.05, 4.69) is 0 Å². The molecular formula is C11H10ClF2NO. The summed E-state index contributed by atoms with van der Waals surface area (Å²) in [5, 5.41) is -0.309. The Morgan fingerprint density at radius 1 is 1.31 bits per heavy atom. The van der Waals surface area contributed by atoms with Gasteiger partial charge in [0.2, 0.25) is 0 Å². The highest BCUT2D eigenvalue weighted by atomic mass is 35.5. The van der Waals surface area contributed by atoms with Gasteiger partial charge in [0.25, 0.3) is 0 Å². The van der Waals surface area contributed by atoms with Crippen molar-refractivity contribution in [3.8, 4) is 0 Å². The lowest BCUT2D eigenvalue weighted by molar-refractivity contribution is -0.103. The second-order valence-electron chi connectivity index (χ2n) is 3.41. The number of carbonyl (C=O) groups is 1. The third-order valence-corrected chi connectivity index (χ3v) is 2.13. The van der Waals surface area contributed by atoms with E-state index in [4.69, 9.17) is 11.6 Å². The molecule has 0 atom stereocenters. The second kappa shape index (κ2) is 5.07. The smallest absolute Gasteiger partial charge is 0.152 e. The third-order valence-electron chi connectivity index (χ3n) is 1.85. The van der Waals surface area contributed by atoms with Gasteiger partial charge in [0.15, 0.2) is 6.29 Å². The molecule has 0 unspecified atom stereocenters. The van der Waals surface area contributed by atoms with E-state index in [-0.39, 0.29) is 16.2 Å². The minimum absolute atomic E-state index is 0.0538. The fraction of sp³-hybridized carbons (Fsp3) is 0.182. The summed E-state index contributed by atoms with van der Waals surface area (Å²) in [5.74, 6) is -1.49. The van der Waals surface area contributed by atoms with E-state index in [0.717, 1.165) is 12.1 Å². The van der Waals surface area contributed by atoms with Gasteiger partial charge >= 0.3 is 0 Å². The van der Waals surface area contributed by atoms with Crippen molar-refractivity contribution >= 4 is 23.5 Å². The molecule has 0 amide bonds. The Kier molecular flexibility index (Phi) is 4.01. The predicted molar refractivity (Wildman–Crippen MR) is 59.1 cm³/mol. The monoisotopic (exact) mass is 245 g/mol. The molecule has 0 bridgehead atoms. The van der Waals surface area contributed by atoms with Gasteiger partial charge in [0.1, 0.15) is 11.6 Å². The Bertz CT molecular complexity index is 444. The molecule has 0 fully saturated rings. The van der Waals surface area contributed by atoms with Crippen LogP contribution in [-0.4, -0.2) is 25.3 Å². The lowest BCUT2D eigenvalue weighted by Gasteiger charge is -2.09. The second-order valence-corrected chi connectivity index (χ2v) is 3.82. The topological polar surface area (TPSA) is 20.3 Å². The van der Waals surface area contributed by atoms with Crippen molar-refractivity contribution in [2.45, 2.75) is 0 Å². The lowest BCUT2D eigenvalue weighted by atomic mass is 10.1. The summed E-state index contributed by atoms with van der Waals surface area (Å²) in [6, 6.07) is 1.75. The number of allylic oxidation sites excluding steroid dienone is 1. The normalized spacial score (nSPS) is 11.4. The summed E-state index contributed by atoms with van der Waals surface area (Å²) in [6.07, 6.45) is 1.87. The molecule has 1 rings (SSSR count). The van der Waals surface area contributed by atoms with Crippen LogP contribution in [0.25, 0.3) is 5.57 Å². The molecule has 1 aromatic carbocycles. The highest BCUT2D eigenvalue weighted by Gasteiger charge is 2.12. The molecular weight excluding hydrogens is 236 g/mol. The fourth-order valence-corrected chi connectivity index (χ4v) is 1.34. The van der Waals surface area contributed by atoms with Gasteiger partial charge in [-0.2, -0.15) is 0 Å². The summed E-state index contributed by atoms with van der Waals surface area (Å²) in [7, 11) is 3.35. The van der Waals surface area contributed by atoms with Crippen molar-refractivity contribution in [1.29, 1.82) is 0 Å². The Labute approximate surface area is 97.1 Å². The molecule has 0 aliphatic carbocycles. The zero-order chi connectivity index (χ0) is 12.3. The first-order valence-corrected chi connectivity index (χ1v) is 4.82. The lowest BCUT2D eigenvalue weighted by Crippen LogP contribution is -2.04. The number of halogens is 3. The molecule has 0 saturated carbocycles. The van der Waals surface area contributed by atoms with E-state index in [0.29, 0.717) is 6.29 Å². The van der Waals surface area contributed by atoms with Crippen molar-refractivity contribution in [3.63, 3.8) is 0 Å². The van der Waals surface area contributed by atoms with Crippen molar-refractivity contribution in [2.24, 2.45) is 0 Å². The summed E-state index contributed by atoms with van der Waals surface area (Å²) < 4.78 is 26.6. The summed E-state index contributed by atoms with van der Waals surface area (Å²) in [6.45, 7) is 0. The van der Waals surface area contributed by atoms with Gasteiger partial charge < -0.3 is 4.90 Å². The van der Waals surface area contributed by atoms with E-state index in [1.807, 2.05) is 0 Å². The van der Waals surface area contributed by atoms with Crippen LogP contribution in [0.4, 0.5) is 8.78 Å². The summed E-state index contributed by atoms with van der Waals surface area (Å²) in [4.78, 5) is 12.3. The molecule has 1 aromatic rings. The maximum Gasteiger partial charge on any atom is 0.152 e. The summed E-state index contributed by atoms with van der Waals surface area (Å²) in [5.41, 5.74) is -0.0522. The largest absolute Gasteiger partial charge is 0.383 e. The van der Waals surface area contributed by atoms with Crippen LogP contribution in [0.3, 0.4) is 0 Å². The minimum Gasteiger partial charge on any atom is -0.383 e. The predicted octanol–water partition coefficient (Wildman–Crippen LogP) is 2.72. The number of rotatable bonds is 3. The maximum atomic E-state index is 13.4. The number of carbonyl (C=O) groups excluding carboxylic acids is 1. The molecule has 0 N–H and O–H groups in total. The molecule has 2 nitrogen and oxygen atoms in total. The standard InChI is InChI=1S/C11H10ClF2NO/c1-15(2)5-7(6-16)8-3-11(14)9(12)4-10(8)13/h3-6H,1-2H3/b7-5+. The van der Waals surface area contributed by atoms with Crippen molar-refractivity contribution in [1.82, 2.24) is 4.90 Å². The Morgan fingerprint density at radius 3 is 2.44 bits per heavy atom. The van der Waals surface area contributed by atoms with Crippen LogP contribution < -0.4 is 0 Å². The summed E-state index contributed by atoms with van der Waals surface area (Å²) >= 11 is 5.41. The molecule has 0 heterocycles. The van der Waals surface area contributed by atoms with Crippen LogP contribution in [0.2, 0.25) is 5.02 Å². The van der Waals surface area contributed by atoms with E-state index in [1.165, 1.54) is 6.20 Å². The van der Waals surface area contributed by atoms with Crippen LogP contribution in [-0.2, 0) is 4.79 Å². The molecule has 0 aromatic heterocycles. The fourth-order valence-electron chi connectivity index (χ4n) is 1.19. The van der Waals surface area contributed by atoms with Crippen molar-refractivity contribution in [3.05, 3.63) is 40.6 Å². The number of aldehydes is 1. The van der Waals surface area contributed by atoms with Crippen molar-refractivity contribution < 1.29 is 13.6 Å². The van der Waals surface area contributed by atoms with Gasteiger partial charge in [0, 0.05) is 31.4 Å². The van der Waals surface area contributed by atoms with E-state index in [1.54, 1.807) is 19.0 Å². The van der Waals surface area contributed by atoms with Gasteiger partial charge in [-0.15, -0.1) is 0 Å². The number of benzene rings is 1. The molecule has 0 spiro atoms. The average molecular weight is 246 g/mol. The molecule has 16 heavy (non-hydrogen) atoms. The average Bonchev–Trinajstić information content (AvgIpc) is 2.20. The van der Waals surface area contributed by atoms with Gasteiger partial charge in [-0.1, -0.05) is 11.6 Å². The Balaban J connectivity index is 3.31. The molecule has 86 valence electrons. The number of hydrogen-bond donors (Lipinski definition) is 0. The molecule has 0 radical (unpaired) electrons. The van der Waals surface area contributed by atoms with Crippen LogP contribution >= 0.6 is 11.6 Å². The van der Waals surface area contributed by atoms with Gasteiger partial charge in [-0.25, -0.2) is 8.78 Å². The molecule has 0 aliphatic rings. The zero-order valence-electron chi connectivity index (χ0n) is 8.80. The van der Waals surface area contributed by atoms with Crippen LogP contribution in [0.5, 0.6) is 0 Å². The molecule has 0 aliphatic heterocycles. The highest BCUT2D eigenvalue weighted by Crippen LogP contribution is 2.23. The molecule has 5 heteroatoms. The van der Waals surface area contributed by atoms with Gasteiger partial charge in [-0.05, 0) is 12.1 Å². The minimum atomic E-state index is -0.760. The first kappa shape index (κ1) is 12.6. The quantitative estimate of drug-likeness (QED) is 0.464. The first-order chi connectivity index (χ1) is 7.45. The van der Waals surface area contributed by atoms with Crippen LogP contribution in [0.1, 0.15) is 5.56 Å². The van der Waals surface area contributed by atoms with E-state index in [9.17, 15) is 13.6 Å². The maximum absolute atomic E-state index is 13.4. The van der Waals surface area contributed by atoms with Crippen molar-refractivity contribution in [2.75, 3.05) is 14.1 Å². The third kappa shape index (κ3) is 2.79. The Morgan fingerprint density at radius 2 is 1.94 bits per heavy atom. The van der Waals surface area contributed by atoms with Gasteiger partial charge in [-0.3, -0.25) is 4.79 Å². The van der Waals surface area contributed by atoms with Gasteiger partial charge in [0.05, 0.1) is 5.02 Å². The Hall–Kier alpha value is -1.42. The van der Waals surface area contributed by atoms with E-state index < -0.39 is 11.6 Å². The molecule has 0 saturated heterocycles. The highest BCUT2D eigenvalue weighted by molar-refractivity contribution is 6.30. The number of nitrogens with zero attached hydrogens (tertiary/aromatic N) is 1. The van der Waals surface area contributed by atoms with Crippen LogP contribution in [0.15, 0.2) is 18.3 Å². The van der Waals surface area contributed by atoms with E-state index >= 15 is 0 Å². The SMILES string of the molecule is CN(C)/C=C(\C=O)c1cc(F)c(Cl)cc1F. The zero-order valence-corrected chi connectivity index (χ0v) is 9.55. The van der Waals surface area contributed by atoms with Crippen LogP contribution in [0, 0.1) is 11.6 Å².